The molecule has 0 saturated carbocycles. The van der Waals surface area contributed by atoms with E-state index in [4.69, 9.17) is 39.5 Å². The number of fused-ring (bicyclic) bond motifs is 18. The van der Waals surface area contributed by atoms with Crippen LogP contribution in [0.1, 0.15) is 134 Å². The second-order valence-corrected chi connectivity index (χ2v) is 25.6. The molecule has 0 atom stereocenters. The van der Waals surface area contributed by atoms with Crippen molar-refractivity contribution in [1.82, 2.24) is 0 Å². The van der Waals surface area contributed by atoms with Crippen molar-refractivity contribution in [1.29, 1.82) is 0 Å². The Morgan fingerprint density at radius 2 is 0.843 bits per heavy atom. The van der Waals surface area contributed by atoms with Crippen molar-refractivity contribution in [2.45, 2.75) is 80.1 Å². The van der Waals surface area contributed by atoms with Gasteiger partial charge in [0.15, 0.2) is 0 Å². The molecule has 0 amide bonds. The predicted octanol–water partition coefficient (Wildman–Crippen LogP) is 22.9. The zero-order chi connectivity index (χ0) is 66.7. The molecule has 486 valence electrons. The molecule has 0 unspecified atom stereocenters. The van der Waals surface area contributed by atoms with E-state index in [-0.39, 0.29) is 196 Å². The van der Waals surface area contributed by atoms with Gasteiger partial charge in [-0.3, -0.25) is 22.8 Å². The molecule has 6 heteroatoms. The normalized spacial score (nSPS) is 11.4. The van der Waals surface area contributed by atoms with E-state index >= 15 is 0 Å². The van der Waals surface area contributed by atoms with Crippen molar-refractivity contribution in [2.75, 3.05) is 0 Å². The summed E-state index contributed by atoms with van der Waals surface area (Å²) in [5.74, 6) is 0. The average molecular weight is 1760 g/mol. The summed E-state index contributed by atoms with van der Waals surface area (Å²) < 4.78 is 0. The van der Waals surface area contributed by atoms with Crippen LogP contribution in [-0.4, -0.2) is 0 Å². The summed E-state index contributed by atoms with van der Waals surface area (Å²) in [4.78, 5) is 0. The molecule has 0 bridgehead atoms. The van der Waals surface area contributed by atoms with Gasteiger partial charge >= 0.3 is 0 Å². The fraction of sp³-hybridized carbons (Fsp3) is 0.125. The van der Waals surface area contributed by atoms with Gasteiger partial charge in [0.05, 0.1) is 0 Å². The van der Waals surface area contributed by atoms with Gasteiger partial charge in [0.2, 0.25) is 0 Å². The Morgan fingerprint density at radius 3 is 1.50 bits per heavy atom. The van der Waals surface area contributed by atoms with E-state index in [9.17, 15) is 0 Å². The maximum absolute atomic E-state index is 5.67. The smallest absolute Gasteiger partial charge is 0 e. The predicted molar refractivity (Wildman–Crippen MR) is 402 cm³/mol. The Morgan fingerprint density at radius 1 is 0.314 bits per heavy atom. The van der Waals surface area contributed by atoms with Gasteiger partial charge in [-0.05, 0) is 91.8 Å². The number of benzene rings is 12. The van der Waals surface area contributed by atoms with Crippen molar-refractivity contribution in [3.63, 3.8) is 0 Å². The van der Waals surface area contributed by atoms with Crippen LogP contribution < -0.4 is 0 Å². The summed E-state index contributed by atoms with van der Waals surface area (Å²) in [7, 11) is 0. The van der Waals surface area contributed by atoms with Gasteiger partial charge in [-0.1, -0.05) is 210 Å². The van der Waals surface area contributed by atoms with E-state index in [1.807, 2.05) is 18.2 Å². The molecular formula is C96H72Y6-12. The Kier molecular flexibility index (Phi) is 32.1. The van der Waals surface area contributed by atoms with E-state index in [0.717, 1.165) is 77.5 Å². The molecule has 0 aromatic heterocycles. The van der Waals surface area contributed by atoms with Crippen LogP contribution in [0.3, 0.4) is 0 Å². The van der Waals surface area contributed by atoms with E-state index in [0.29, 0.717) is 0 Å². The third-order valence-electron chi connectivity index (χ3n) is 19.4. The molecule has 6 radical (unpaired) electrons. The van der Waals surface area contributed by atoms with Crippen molar-refractivity contribution < 1.29 is 196 Å². The summed E-state index contributed by atoms with van der Waals surface area (Å²) in [5, 5.41) is 0. The minimum absolute atomic E-state index is 0. The van der Waals surface area contributed by atoms with E-state index in [2.05, 4.69) is 242 Å². The van der Waals surface area contributed by atoms with Crippen LogP contribution in [-0.2, 0) is 235 Å². The molecule has 0 saturated heterocycles. The SMILES string of the molecule is [CH-]=Cc1[c-]c(C)c2c(c1)-c1ccccc1C2.[CH-]=Cc1[c-]c(C)cc2c1Cc1ccccc1-2.[CH-]=Cc1[c-]c2c(cc1)-c1c(C)cccc1C2.[CH-]=Cc1[c-]c2c(cc1)Cc1ccc(C)cc1-2.[CH-]=Cc1[c-]cc2c(c1C)Cc1ccccc1-2.[CH-]=Cc1[c-]ccc2c1-c1ccc(C)cc1C2.[Y].[Y].[Y].[Y].[Y].[Y]. The van der Waals surface area contributed by atoms with Gasteiger partial charge in [0.25, 0.3) is 0 Å². The Hall–Kier alpha value is -4.30. The van der Waals surface area contributed by atoms with Gasteiger partial charge in [-0.15, -0.1) is 68.3 Å². The first kappa shape index (κ1) is 85.0. The standard InChI is InChI=1S/6C16H12.6Y/c1-3-12-5-7-14-10-13-6-4-11(2)8-15(13)16(14)9-12;1-3-12-5-4-6-13-10-14-9-11(2)7-8-15(14)16(12)13;1-3-12-7-8-15-14(9-12)10-13-6-4-5-11(2)16(13)15;1-3-12-8-11(2)15-10-13-6-4-5-7-14(13)16(15)9-12;1-3-12-8-11(2)9-16-14-7-5-4-6-13(14)10-15(12)16;1-3-12-8-9-15-14-7-5-4-6-13(14)10-16(15)11(12)2;;;;;;/h1,3-8H,10H2,2H3;1,3-4,6-9H,10H2,2H3;1,3-8H,10H2,2H3;3*1,3-7,9H,10H2,2H3;;;;;;/q6*-2;;;;;;. The molecule has 102 heavy (non-hydrogen) atoms. The third-order valence-corrected chi connectivity index (χ3v) is 19.4. The topological polar surface area (TPSA) is 0 Å². The first-order chi connectivity index (χ1) is 46.8. The monoisotopic (exact) mass is 1760 g/mol. The number of hydrogen-bond acceptors (Lipinski definition) is 0. The van der Waals surface area contributed by atoms with Gasteiger partial charge in [0, 0.05) is 196 Å². The molecule has 18 rings (SSSR count). The summed E-state index contributed by atoms with van der Waals surface area (Å²) in [5.41, 5.74) is 45.9. The Labute approximate surface area is 759 Å². The van der Waals surface area contributed by atoms with Crippen LogP contribution in [0.4, 0.5) is 0 Å². The second kappa shape index (κ2) is 38.5. The Bertz CT molecular complexity index is 5140. The molecule has 0 nitrogen and oxygen atoms in total. The maximum Gasteiger partial charge on any atom is 0 e. The first-order valence-corrected chi connectivity index (χ1v) is 32.9. The number of aryl methyl sites for hydroxylation is 5. The molecule has 12 aromatic carbocycles. The van der Waals surface area contributed by atoms with Gasteiger partial charge < -0.3 is 86.5 Å². The van der Waals surface area contributed by atoms with E-state index < -0.39 is 0 Å². The molecule has 0 N–H and O–H groups in total. The number of hydrogen-bond donors (Lipinski definition) is 0. The minimum Gasteiger partial charge on any atom is -0.344 e. The quantitative estimate of drug-likeness (QED) is 0.146. The van der Waals surface area contributed by atoms with Gasteiger partial charge in [-0.2, -0.15) is 29.3 Å². The van der Waals surface area contributed by atoms with Crippen molar-refractivity contribution in [3.05, 3.63) is 391 Å². The largest absolute Gasteiger partial charge is 0.344 e. The van der Waals surface area contributed by atoms with Crippen LogP contribution in [0.5, 0.6) is 0 Å². The molecule has 0 fully saturated rings. The van der Waals surface area contributed by atoms with Crippen LogP contribution in [0.15, 0.2) is 182 Å². The summed E-state index contributed by atoms with van der Waals surface area (Å²) in [6.07, 6.45) is 15.8. The molecular weight excluding hydrogens is 1690 g/mol. The van der Waals surface area contributed by atoms with Crippen LogP contribution >= 0.6 is 0 Å². The average Bonchev–Trinajstić information content (AvgIpc) is 1.66. The molecule has 0 spiro atoms. The van der Waals surface area contributed by atoms with Crippen molar-refractivity contribution in [2.24, 2.45) is 0 Å². The van der Waals surface area contributed by atoms with Crippen molar-refractivity contribution >= 4 is 36.5 Å². The fourth-order valence-corrected chi connectivity index (χ4v) is 14.7. The van der Waals surface area contributed by atoms with E-state index in [1.54, 1.807) is 36.5 Å². The summed E-state index contributed by atoms with van der Waals surface area (Å²) in [6.45, 7) is 46.3. The Balaban J connectivity index is 0.000000170. The zero-order valence-corrected chi connectivity index (χ0v) is 76.0. The van der Waals surface area contributed by atoms with Gasteiger partial charge in [-0.25, -0.2) is 65.7 Å². The summed E-state index contributed by atoms with van der Waals surface area (Å²) >= 11 is 0. The molecule has 0 aliphatic heterocycles. The molecule has 12 aromatic rings. The van der Waals surface area contributed by atoms with Crippen molar-refractivity contribution in [3.8, 4) is 66.8 Å². The second-order valence-electron chi connectivity index (χ2n) is 25.6. The molecule has 6 aliphatic rings. The maximum atomic E-state index is 5.67. The van der Waals surface area contributed by atoms with Crippen LogP contribution in [0.2, 0.25) is 0 Å². The minimum atomic E-state index is 0. The zero-order valence-electron chi connectivity index (χ0n) is 59.0. The fourth-order valence-electron chi connectivity index (χ4n) is 14.7. The van der Waals surface area contributed by atoms with Crippen LogP contribution in [0, 0.1) is 117 Å². The third kappa shape index (κ3) is 18.1. The van der Waals surface area contributed by atoms with Crippen LogP contribution in [0.25, 0.3) is 103 Å². The number of rotatable bonds is 6. The molecule has 0 heterocycles. The summed E-state index contributed by atoms with van der Waals surface area (Å²) in [6, 6.07) is 84.0. The molecule has 6 aliphatic carbocycles. The van der Waals surface area contributed by atoms with Gasteiger partial charge in [0.1, 0.15) is 0 Å². The van der Waals surface area contributed by atoms with E-state index in [1.165, 1.54) is 161 Å². The first-order valence-electron chi connectivity index (χ1n) is 32.9.